The Bertz CT molecular complexity index is 980. The third-order valence-electron chi connectivity index (χ3n) is 3.47. The van der Waals surface area contributed by atoms with Crippen molar-refractivity contribution in [1.29, 1.82) is 0 Å². The average molecular weight is 389 g/mol. The third kappa shape index (κ3) is 3.00. The van der Waals surface area contributed by atoms with E-state index in [0.717, 1.165) is 33.8 Å². The maximum atomic E-state index is 12.7. The van der Waals surface area contributed by atoms with Crippen LogP contribution in [-0.2, 0) is 16.2 Å². The van der Waals surface area contributed by atoms with Gasteiger partial charge in [-0.25, -0.2) is 0 Å². The van der Waals surface area contributed by atoms with Gasteiger partial charge < -0.3 is 0 Å². The number of hydrazone groups is 1. The molecule has 1 aromatic heterocycles. The molecule has 0 saturated carbocycles. The number of alkyl halides is 3. The summed E-state index contributed by atoms with van der Waals surface area (Å²) in [6.07, 6.45) is -4.55. The molecule has 1 aliphatic heterocycles. The van der Waals surface area contributed by atoms with Crippen LogP contribution in [0.15, 0.2) is 40.8 Å². The number of carbonyl (C=O) groups is 1. The van der Waals surface area contributed by atoms with Gasteiger partial charge in [0.2, 0.25) is 10.8 Å². The number of hydrogen-bond acceptors (Lipinski definition) is 6. The van der Waals surface area contributed by atoms with Gasteiger partial charge in [0.25, 0.3) is 10.0 Å². The Morgan fingerprint density at radius 2 is 1.96 bits per heavy atom. The van der Waals surface area contributed by atoms with Crippen LogP contribution in [-0.4, -0.2) is 26.3 Å². The summed E-state index contributed by atoms with van der Waals surface area (Å²) >= 11 is 1.06. The largest absolute Gasteiger partial charge is 0.416 e. The second-order valence-electron chi connectivity index (χ2n) is 5.04. The summed E-state index contributed by atoms with van der Waals surface area (Å²) in [6, 6.07) is 5.55. The highest BCUT2D eigenvalue weighted by molar-refractivity contribution is 8.09. The van der Waals surface area contributed by atoms with E-state index in [0.29, 0.717) is 0 Å². The fourth-order valence-electron chi connectivity index (χ4n) is 2.18. The molecule has 25 heavy (non-hydrogen) atoms. The van der Waals surface area contributed by atoms with Crippen LogP contribution in [0.4, 0.5) is 24.5 Å². The van der Waals surface area contributed by atoms with Crippen molar-refractivity contribution < 1.29 is 26.4 Å². The van der Waals surface area contributed by atoms with Crippen LogP contribution in [0.1, 0.15) is 15.2 Å². The summed E-state index contributed by atoms with van der Waals surface area (Å²) in [5, 5.41) is 4.36. The molecule has 0 saturated heterocycles. The maximum absolute atomic E-state index is 12.7. The highest BCUT2D eigenvalue weighted by Crippen LogP contribution is 2.34. The van der Waals surface area contributed by atoms with Crippen LogP contribution >= 0.6 is 11.3 Å². The SMILES string of the molecule is CN1c2ccsc2C(=O)/C(=N\Nc2cccc(C(F)(F)F)c2)S1(=O)=O. The van der Waals surface area contributed by atoms with Crippen molar-refractivity contribution in [3.8, 4) is 0 Å². The van der Waals surface area contributed by atoms with E-state index in [1.165, 1.54) is 19.2 Å². The van der Waals surface area contributed by atoms with Gasteiger partial charge in [-0.2, -0.15) is 26.7 Å². The Labute approximate surface area is 144 Å². The van der Waals surface area contributed by atoms with Crippen molar-refractivity contribution in [3.63, 3.8) is 0 Å². The number of rotatable bonds is 2. The number of thiophene rings is 1. The lowest BCUT2D eigenvalue weighted by Crippen LogP contribution is -2.42. The second kappa shape index (κ2) is 5.85. The number of benzene rings is 1. The summed E-state index contributed by atoms with van der Waals surface area (Å²) in [5.74, 6) is -0.803. The Morgan fingerprint density at radius 1 is 1.24 bits per heavy atom. The predicted molar refractivity (Wildman–Crippen MR) is 88.5 cm³/mol. The van der Waals surface area contributed by atoms with Gasteiger partial charge >= 0.3 is 6.18 Å². The van der Waals surface area contributed by atoms with Crippen LogP contribution in [0, 0.1) is 0 Å². The number of halogens is 3. The number of hydrogen-bond donors (Lipinski definition) is 1. The van der Waals surface area contributed by atoms with Gasteiger partial charge in [-0.15, -0.1) is 11.3 Å². The van der Waals surface area contributed by atoms with E-state index in [-0.39, 0.29) is 16.3 Å². The van der Waals surface area contributed by atoms with Gasteiger partial charge in [0.1, 0.15) is 4.88 Å². The quantitative estimate of drug-likeness (QED) is 0.801. The number of ketones is 1. The lowest BCUT2D eigenvalue weighted by atomic mass is 10.2. The standard InChI is InChI=1S/C14H10F3N3O3S2/c1-20-10-5-6-24-12(10)11(21)13(25(20,22)23)19-18-9-4-2-3-8(7-9)14(15,16)17/h2-7,18H,1H3/b19-13+. The number of fused-ring (bicyclic) bond motifs is 1. The van der Waals surface area contributed by atoms with Crippen molar-refractivity contribution in [2.24, 2.45) is 5.10 Å². The molecule has 2 heterocycles. The van der Waals surface area contributed by atoms with Crippen LogP contribution < -0.4 is 9.73 Å². The van der Waals surface area contributed by atoms with Crippen molar-refractivity contribution >= 4 is 43.6 Å². The summed E-state index contributed by atoms with van der Waals surface area (Å²) in [5.41, 5.74) is 1.45. The van der Waals surface area contributed by atoms with E-state index in [4.69, 9.17) is 0 Å². The summed E-state index contributed by atoms with van der Waals surface area (Å²) in [4.78, 5) is 12.5. The van der Waals surface area contributed by atoms with Gasteiger partial charge in [-0.1, -0.05) is 6.07 Å². The first-order valence-electron chi connectivity index (χ1n) is 6.74. The van der Waals surface area contributed by atoms with Gasteiger partial charge in [-0.3, -0.25) is 14.5 Å². The van der Waals surface area contributed by atoms with E-state index in [1.54, 1.807) is 5.38 Å². The lowest BCUT2D eigenvalue weighted by Gasteiger charge is -2.24. The Hall–Kier alpha value is -2.40. The molecule has 3 rings (SSSR count). The van der Waals surface area contributed by atoms with Crippen molar-refractivity contribution in [2.75, 3.05) is 16.8 Å². The van der Waals surface area contributed by atoms with Gasteiger partial charge in [0.05, 0.1) is 16.9 Å². The first-order chi connectivity index (χ1) is 11.6. The summed E-state index contributed by atoms with van der Waals surface area (Å²) < 4.78 is 63.8. The minimum absolute atomic E-state index is 0.0926. The molecular weight excluding hydrogens is 379 g/mol. The van der Waals surface area contributed by atoms with Gasteiger partial charge in [-0.05, 0) is 29.6 Å². The molecule has 0 aliphatic carbocycles. The molecule has 0 bridgehead atoms. The van der Waals surface area contributed by atoms with E-state index in [1.807, 2.05) is 0 Å². The van der Waals surface area contributed by atoms with Crippen molar-refractivity contribution in [3.05, 3.63) is 46.2 Å². The molecule has 6 nitrogen and oxygen atoms in total. The zero-order valence-electron chi connectivity index (χ0n) is 12.5. The van der Waals surface area contributed by atoms with E-state index in [2.05, 4.69) is 10.5 Å². The molecular formula is C14H10F3N3O3S2. The second-order valence-corrected chi connectivity index (χ2v) is 7.84. The van der Waals surface area contributed by atoms with Crippen LogP contribution in [0.5, 0.6) is 0 Å². The number of nitrogens with one attached hydrogen (secondary N) is 1. The molecule has 0 fully saturated rings. The number of Topliss-reactive ketones (excluding diaryl/α,β-unsaturated/α-hetero) is 1. The summed E-state index contributed by atoms with van der Waals surface area (Å²) in [6.45, 7) is 0. The third-order valence-corrected chi connectivity index (χ3v) is 6.05. The first-order valence-corrected chi connectivity index (χ1v) is 9.06. The molecule has 0 unspecified atom stereocenters. The Kier molecular flexibility index (Phi) is 4.07. The Morgan fingerprint density at radius 3 is 2.64 bits per heavy atom. The number of sulfonamides is 1. The molecule has 2 aromatic rings. The van der Waals surface area contributed by atoms with Crippen molar-refractivity contribution in [2.45, 2.75) is 6.18 Å². The predicted octanol–water partition coefficient (Wildman–Crippen LogP) is 3.15. The number of anilines is 2. The smallest absolute Gasteiger partial charge is 0.285 e. The zero-order chi connectivity index (χ0) is 18.4. The maximum Gasteiger partial charge on any atom is 0.416 e. The van der Waals surface area contributed by atoms with Gasteiger partial charge in [0, 0.05) is 7.05 Å². The molecule has 0 spiro atoms. The first kappa shape index (κ1) is 17.4. The molecule has 1 N–H and O–H groups in total. The molecule has 0 atom stereocenters. The topological polar surface area (TPSA) is 78.8 Å². The fraction of sp³-hybridized carbons (Fsp3) is 0.143. The van der Waals surface area contributed by atoms with E-state index >= 15 is 0 Å². The highest BCUT2D eigenvalue weighted by Gasteiger charge is 2.41. The normalized spacial score (nSPS) is 18.3. The van der Waals surface area contributed by atoms with Gasteiger partial charge in [0.15, 0.2) is 0 Å². The molecule has 0 radical (unpaired) electrons. The minimum atomic E-state index is -4.55. The van der Waals surface area contributed by atoms with Crippen LogP contribution in [0.3, 0.4) is 0 Å². The molecule has 0 amide bonds. The molecule has 11 heteroatoms. The highest BCUT2D eigenvalue weighted by atomic mass is 32.2. The lowest BCUT2D eigenvalue weighted by molar-refractivity contribution is -0.137. The zero-order valence-corrected chi connectivity index (χ0v) is 14.2. The Balaban J connectivity index is 1.98. The summed E-state index contributed by atoms with van der Waals surface area (Å²) in [7, 11) is -2.92. The molecule has 1 aromatic carbocycles. The van der Waals surface area contributed by atoms with E-state index in [9.17, 15) is 26.4 Å². The number of carbonyl (C=O) groups excluding carboxylic acids is 1. The minimum Gasteiger partial charge on any atom is -0.285 e. The van der Waals surface area contributed by atoms with E-state index < -0.39 is 32.6 Å². The fourth-order valence-corrected chi connectivity index (χ4v) is 4.34. The van der Waals surface area contributed by atoms with Crippen molar-refractivity contribution in [1.82, 2.24) is 0 Å². The molecule has 132 valence electrons. The monoisotopic (exact) mass is 389 g/mol. The average Bonchev–Trinajstić information content (AvgIpc) is 3.02. The number of nitrogens with zero attached hydrogens (tertiary/aromatic N) is 2. The van der Waals surface area contributed by atoms with Crippen LogP contribution in [0.2, 0.25) is 0 Å². The molecule has 1 aliphatic rings. The van der Waals surface area contributed by atoms with Crippen LogP contribution in [0.25, 0.3) is 0 Å².